The number of esters is 3. The quantitative estimate of drug-likeness (QED) is 0.0808. The first-order chi connectivity index (χ1) is 18.8. The molecule has 1 N–H and O–H groups in total. The zero-order chi connectivity index (χ0) is 29.8. The maximum atomic E-state index is 12.4. The first-order valence-electron chi connectivity index (χ1n) is 12.0. The fourth-order valence-corrected chi connectivity index (χ4v) is 4.68. The van der Waals surface area contributed by atoms with Gasteiger partial charge in [0.25, 0.3) is 0 Å². The van der Waals surface area contributed by atoms with E-state index in [0.29, 0.717) is 10.5 Å². The van der Waals surface area contributed by atoms with Gasteiger partial charge in [0.05, 0.1) is 17.4 Å². The Morgan fingerprint density at radius 3 is 2.48 bits per heavy atom. The van der Waals surface area contributed by atoms with Crippen LogP contribution in [0.4, 0.5) is 11.5 Å². The molecule has 1 saturated heterocycles. The van der Waals surface area contributed by atoms with Crippen LogP contribution in [0.15, 0.2) is 16.3 Å². The Balaban J connectivity index is 2.32. The number of alkyl halides is 1. The van der Waals surface area contributed by atoms with Crippen molar-refractivity contribution < 1.29 is 38.1 Å². The van der Waals surface area contributed by atoms with E-state index >= 15 is 0 Å². The molecule has 1 aliphatic heterocycles. The number of rotatable bonds is 10. The molecule has 0 radical (unpaired) electrons. The summed E-state index contributed by atoms with van der Waals surface area (Å²) < 4.78 is 24.3. The molecule has 2 aromatic heterocycles. The van der Waals surface area contributed by atoms with E-state index in [1.807, 2.05) is 0 Å². The van der Waals surface area contributed by atoms with Gasteiger partial charge in [-0.3, -0.25) is 23.7 Å². The topological polar surface area (TPSA) is 164 Å². The van der Waals surface area contributed by atoms with Crippen LogP contribution >= 0.6 is 23.4 Å². The molecule has 14 nitrogen and oxygen atoms in total. The summed E-state index contributed by atoms with van der Waals surface area (Å²) in [7, 11) is 3.57. The minimum absolute atomic E-state index is 0.242. The van der Waals surface area contributed by atoms with E-state index in [4.69, 9.17) is 30.5 Å². The van der Waals surface area contributed by atoms with Crippen LogP contribution in [0.5, 0.6) is 0 Å². The number of hydrogen-bond acceptors (Lipinski definition) is 12. The molecule has 40 heavy (non-hydrogen) atoms. The number of thioether (sulfide) groups is 1. The standard InChI is InChI=1S/C24H31ClN6O8S/c1-12(32)36-10-16-19(37-13(2)33)24(4,39-14(3)34)22(38-16)31-9-15(27-17(35)8-25)18-20(26-11-30(5)6)28-23(40-7)29-21(18)31/h9,11,16,19,22H,8,10H2,1-7H3,(H,27,35)/t16-,19-,22?,24-/m1/s1. The lowest BCUT2D eigenvalue weighted by Crippen LogP contribution is -2.50. The van der Waals surface area contributed by atoms with Gasteiger partial charge in [0.2, 0.25) is 5.91 Å². The number of hydrogen-bond donors (Lipinski definition) is 1. The molecule has 1 aliphatic rings. The van der Waals surface area contributed by atoms with Crippen molar-refractivity contribution in [2.24, 2.45) is 4.99 Å². The average Bonchev–Trinajstić information content (AvgIpc) is 3.34. The Morgan fingerprint density at radius 2 is 1.93 bits per heavy atom. The van der Waals surface area contributed by atoms with Crippen molar-refractivity contribution >= 4 is 76.1 Å². The largest absolute Gasteiger partial charge is 0.463 e. The van der Waals surface area contributed by atoms with Gasteiger partial charge in [-0.15, -0.1) is 11.6 Å². The first kappa shape index (κ1) is 31.1. The summed E-state index contributed by atoms with van der Waals surface area (Å²) in [4.78, 5) is 63.7. The minimum Gasteiger partial charge on any atom is -0.463 e. The van der Waals surface area contributed by atoms with Crippen LogP contribution in [0, 0.1) is 0 Å². The molecule has 0 spiro atoms. The fourth-order valence-electron chi connectivity index (χ4n) is 4.26. The molecular weight excluding hydrogens is 568 g/mol. The van der Waals surface area contributed by atoms with Crippen LogP contribution in [-0.4, -0.2) is 100 Å². The number of amides is 1. The molecule has 0 aromatic carbocycles. The van der Waals surface area contributed by atoms with Crippen LogP contribution in [0.2, 0.25) is 0 Å². The van der Waals surface area contributed by atoms with Crippen molar-refractivity contribution in [2.45, 2.75) is 56.9 Å². The molecule has 2 aromatic rings. The molecule has 3 heterocycles. The van der Waals surface area contributed by atoms with Gasteiger partial charge in [0.15, 0.2) is 34.6 Å². The molecule has 1 amide bonds. The average molecular weight is 599 g/mol. The van der Waals surface area contributed by atoms with Crippen LogP contribution in [0.25, 0.3) is 11.0 Å². The molecule has 1 unspecified atom stereocenters. The van der Waals surface area contributed by atoms with Gasteiger partial charge in [0, 0.05) is 41.1 Å². The van der Waals surface area contributed by atoms with Gasteiger partial charge in [-0.1, -0.05) is 11.8 Å². The number of anilines is 1. The van der Waals surface area contributed by atoms with Crippen LogP contribution in [0.3, 0.4) is 0 Å². The minimum atomic E-state index is -1.63. The van der Waals surface area contributed by atoms with E-state index in [-0.39, 0.29) is 29.6 Å². The summed E-state index contributed by atoms with van der Waals surface area (Å²) in [5, 5.41) is 3.43. The number of fused-ring (bicyclic) bond motifs is 1. The Labute approximate surface area is 239 Å². The van der Waals surface area contributed by atoms with Crippen molar-refractivity contribution in [3.05, 3.63) is 6.20 Å². The van der Waals surface area contributed by atoms with Crippen molar-refractivity contribution in [3.8, 4) is 0 Å². The van der Waals surface area contributed by atoms with Gasteiger partial charge >= 0.3 is 17.9 Å². The number of aliphatic imine (C=N–C) groups is 1. The molecule has 0 bridgehead atoms. The third kappa shape index (κ3) is 6.82. The highest BCUT2D eigenvalue weighted by Crippen LogP contribution is 2.46. The number of carbonyl (C=O) groups is 4. The zero-order valence-electron chi connectivity index (χ0n) is 23.1. The second kappa shape index (κ2) is 12.8. The molecule has 0 aliphatic carbocycles. The van der Waals surface area contributed by atoms with Gasteiger partial charge in [-0.25, -0.2) is 15.0 Å². The van der Waals surface area contributed by atoms with Crippen molar-refractivity contribution in [2.75, 3.05) is 38.2 Å². The maximum absolute atomic E-state index is 12.4. The zero-order valence-corrected chi connectivity index (χ0v) is 24.7. The second-order valence-electron chi connectivity index (χ2n) is 9.21. The van der Waals surface area contributed by atoms with Gasteiger partial charge in [0.1, 0.15) is 18.6 Å². The molecule has 4 atom stereocenters. The van der Waals surface area contributed by atoms with E-state index in [0.717, 1.165) is 0 Å². The molecule has 16 heteroatoms. The fraction of sp³-hybridized carbons (Fsp3) is 0.542. The molecule has 0 saturated carbocycles. The van der Waals surface area contributed by atoms with Crippen molar-refractivity contribution in [3.63, 3.8) is 0 Å². The lowest BCUT2D eigenvalue weighted by atomic mass is 9.95. The molecule has 1 fully saturated rings. The number of aromatic nitrogens is 3. The normalized spacial score (nSPS) is 22.4. The van der Waals surface area contributed by atoms with E-state index in [1.165, 1.54) is 56.6 Å². The smallest absolute Gasteiger partial charge is 0.303 e. The Morgan fingerprint density at radius 1 is 1.23 bits per heavy atom. The van der Waals surface area contributed by atoms with Crippen LogP contribution in [0.1, 0.15) is 33.9 Å². The highest BCUT2D eigenvalue weighted by molar-refractivity contribution is 7.98. The van der Waals surface area contributed by atoms with Gasteiger partial charge < -0.3 is 29.2 Å². The highest BCUT2D eigenvalue weighted by Gasteiger charge is 2.60. The SMILES string of the molecule is CSc1nc(N=CN(C)C)c2c(NC(=O)CCl)cn(C3O[C@H](COC(C)=O)[C@@H](OC(C)=O)[C@@]3(C)OC(C)=O)c2n1. The van der Waals surface area contributed by atoms with E-state index in [2.05, 4.69) is 20.3 Å². The van der Waals surface area contributed by atoms with Crippen LogP contribution < -0.4 is 5.32 Å². The summed E-state index contributed by atoms with van der Waals surface area (Å²) in [5.41, 5.74) is -1.09. The molecular formula is C24H31ClN6O8S. The lowest BCUT2D eigenvalue weighted by molar-refractivity contribution is -0.184. The number of nitrogens with one attached hydrogen (secondary N) is 1. The lowest BCUT2D eigenvalue weighted by Gasteiger charge is -2.34. The second-order valence-corrected chi connectivity index (χ2v) is 10.3. The van der Waals surface area contributed by atoms with E-state index in [9.17, 15) is 19.2 Å². The molecule has 218 valence electrons. The summed E-state index contributed by atoms with van der Waals surface area (Å²) in [6.07, 6.45) is 1.48. The predicted octanol–water partition coefficient (Wildman–Crippen LogP) is 2.27. The summed E-state index contributed by atoms with van der Waals surface area (Å²) in [5.74, 6) is -2.51. The predicted molar refractivity (Wildman–Crippen MR) is 147 cm³/mol. The van der Waals surface area contributed by atoms with Gasteiger partial charge in [-0.2, -0.15) is 0 Å². The third-order valence-electron chi connectivity index (χ3n) is 5.68. The highest BCUT2D eigenvalue weighted by atomic mass is 35.5. The number of halogens is 1. The van der Waals surface area contributed by atoms with Crippen molar-refractivity contribution in [1.82, 2.24) is 19.4 Å². The maximum Gasteiger partial charge on any atom is 0.303 e. The van der Waals surface area contributed by atoms with Gasteiger partial charge in [-0.05, 0) is 13.2 Å². The van der Waals surface area contributed by atoms with E-state index in [1.54, 1.807) is 25.3 Å². The summed E-state index contributed by atoms with van der Waals surface area (Å²) >= 11 is 7.02. The number of nitrogens with zero attached hydrogens (tertiary/aromatic N) is 5. The first-order valence-corrected chi connectivity index (χ1v) is 13.7. The summed E-state index contributed by atoms with van der Waals surface area (Å²) in [6.45, 7) is 4.86. The van der Waals surface area contributed by atoms with Crippen molar-refractivity contribution in [1.29, 1.82) is 0 Å². The number of carbonyl (C=O) groups excluding carboxylic acids is 4. The van der Waals surface area contributed by atoms with Crippen LogP contribution in [-0.2, 0) is 38.1 Å². The Kier molecular flexibility index (Phi) is 9.97. The molecule has 3 rings (SSSR count). The van der Waals surface area contributed by atoms with E-state index < -0.39 is 47.9 Å². The monoisotopic (exact) mass is 598 g/mol. The Hall–Kier alpha value is -3.43. The summed E-state index contributed by atoms with van der Waals surface area (Å²) in [6, 6.07) is 0. The third-order valence-corrected chi connectivity index (χ3v) is 6.47. The number of ether oxygens (including phenoxy) is 4. The Bertz CT molecular complexity index is 1330.